The van der Waals surface area contributed by atoms with Gasteiger partial charge in [-0.05, 0) is 31.1 Å². The molecule has 0 aliphatic carbocycles. The first-order chi connectivity index (χ1) is 25.7. The molecule has 0 aromatic carbocycles. The molecule has 0 saturated heterocycles. The lowest BCUT2D eigenvalue weighted by Crippen LogP contribution is -2.30. The van der Waals surface area contributed by atoms with Crippen LogP contribution in [0.15, 0.2) is 0 Å². The Morgan fingerprint density at radius 1 is 0.358 bits per heavy atom. The van der Waals surface area contributed by atoms with Crippen LogP contribution in [0.2, 0.25) is 0 Å². The van der Waals surface area contributed by atoms with Crippen LogP contribution in [0.5, 0.6) is 0 Å². The molecule has 0 aromatic rings. The number of carbonyl (C=O) groups excluding carboxylic acids is 3. The standard InChI is InChI=1S/C47H90O6/c1-6-7-8-9-10-11-12-17-22-27-32-37-45(48)51-40-44(53-47(50)39-34-29-24-19-14-16-21-26-31-36-43(4)5)41-52-46(49)38-33-28-23-18-13-15-20-25-30-35-42(2)3/h42-44H,6-41H2,1-5H3/t44-/m0/s1. The molecule has 6 heteroatoms. The highest BCUT2D eigenvalue weighted by Gasteiger charge is 2.19. The van der Waals surface area contributed by atoms with E-state index >= 15 is 0 Å². The smallest absolute Gasteiger partial charge is 0.306 e. The molecule has 53 heavy (non-hydrogen) atoms. The third kappa shape index (κ3) is 41.4. The maximum Gasteiger partial charge on any atom is 0.306 e. The molecule has 0 aliphatic heterocycles. The molecule has 0 N–H and O–H groups in total. The number of unbranched alkanes of at least 4 members (excludes halogenated alkanes) is 26. The quantitative estimate of drug-likeness (QED) is 0.0352. The van der Waals surface area contributed by atoms with E-state index in [1.165, 1.54) is 141 Å². The number of rotatable bonds is 41. The summed E-state index contributed by atoms with van der Waals surface area (Å²) in [5, 5.41) is 0. The first-order valence-electron chi connectivity index (χ1n) is 23.2. The Morgan fingerprint density at radius 3 is 0.925 bits per heavy atom. The Morgan fingerprint density at radius 2 is 0.623 bits per heavy atom. The summed E-state index contributed by atoms with van der Waals surface area (Å²) in [4.78, 5) is 37.7. The van der Waals surface area contributed by atoms with Gasteiger partial charge >= 0.3 is 17.9 Å². The van der Waals surface area contributed by atoms with Crippen LogP contribution in [-0.2, 0) is 28.6 Å². The molecule has 1 atom stereocenters. The first-order valence-corrected chi connectivity index (χ1v) is 23.2. The number of carbonyl (C=O) groups is 3. The lowest BCUT2D eigenvalue weighted by molar-refractivity contribution is -0.167. The van der Waals surface area contributed by atoms with Crippen molar-refractivity contribution in [2.24, 2.45) is 11.8 Å². The summed E-state index contributed by atoms with van der Waals surface area (Å²) in [6, 6.07) is 0. The molecule has 6 nitrogen and oxygen atoms in total. The lowest BCUT2D eigenvalue weighted by Gasteiger charge is -2.18. The molecule has 314 valence electrons. The molecule has 0 radical (unpaired) electrons. The molecule has 0 rings (SSSR count). The van der Waals surface area contributed by atoms with E-state index in [1.54, 1.807) is 0 Å². The second-order valence-corrected chi connectivity index (χ2v) is 17.0. The highest BCUT2D eigenvalue weighted by atomic mass is 16.6. The van der Waals surface area contributed by atoms with Gasteiger partial charge in [-0.1, -0.05) is 214 Å². The minimum absolute atomic E-state index is 0.0650. The Balaban J connectivity index is 4.34. The predicted molar refractivity (Wildman–Crippen MR) is 224 cm³/mol. The molecular formula is C47H90O6. The van der Waals surface area contributed by atoms with Crippen molar-refractivity contribution in [1.82, 2.24) is 0 Å². The summed E-state index contributed by atoms with van der Waals surface area (Å²) in [7, 11) is 0. The van der Waals surface area contributed by atoms with Gasteiger partial charge in [-0.15, -0.1) is 0 Å². The van der Waals surface area contributed by atoms with Gasteiger partial charge in [-0.3, -0.25) is 14.4 Å². The van der Waals surface area contributed by atoms with Crippen LogP contribution in [0.3, 0.4) is 0 Å². The van der Waals surface area contributed by atoms with Gasteiger partial charge in [0.25, 0.3) is 0 Å². The van der Waals surface area contributed by atoms with Gasteiger partial charge in [0.15, 0.2) is 6.10 Å². The second-order valence-electron chi connectivity index (χ2n) is 17.0. The van der Waals surface area contributed by atoms with E-state index in [2.05, 4.69) is 34.6 Å². The van der Waals surface area contributed by atoms with Crippen molar-refractivity contribution in [3.8, 4) is 0 Å². The van der Waals surface area contributed by atoms with Crippen LogP contribution in [0.1, 0.15) is 253 Å². The van der Waals surface area contributed by atoms with Crippen molar-refractivity contribution in [1.29, 1.82) is 0 Å². The number of esters is 3. The summed E-state index contributed by atoms with van der Waals surface area (Å²) in [6.07, 6.45) is 38.0. The van der Waals surface area contributed by atoms with Gasteiger partial charge < -0.3 is 14.2 Å². The number of hydrogen-bond acceptors (Lipinski definition) is 6. The largest absolute Gasteiger partial charge is 0.462 e. The van der Waals surface area contributed by atoms with E-state index in [4.69, 9.17) is 14.2 Å². The summed E-state index contributed by atoms with van der Waals surface area (Å²) >= 11 is 0. The minimum atomic E-state index is -0.760. The van der Waals surface area contributed by atoms with Gasteiger partial charge in [-0.25, -0.2) is 0 Å². The van der Waals surface area contributed by atoms with Gasteiger partial charge in [-0.2, -0.15) is 0 Å². The van der Waals surface area contributed by atoms with E-state index in [9.17, 15) is 14.4 Å². The van der Waals surface area contributed by atoms with Crippen molar-refractivity contribution in [2.75, 3.05) is 13.2 Å². The van der Waals surface area contributed by atoms with Crippen molar-refractivity contribution in [3.05, 3.63) is 0 Å². The van der Waals surface area contributed by atoms with Crippen molar-refractivity contribution in [3.63, 3.8) is 0 Å². The highest BCUT2D eigenvalue weighted by Crippen LogP contribution is 2.16. The topological polar surface area (TPSA) is 78.9 Å². The average Bonchev–Trinajstić information content (AvgIpc) is 3.12. The Labute approximate surface area is 329 Å². The molecule has 0 spiro atoms. The van der Waals surface area contributed by atoms with E-state index in [0.717, 1.165) is 69.6 Å². The van der Waals surface area contributed by atoms with E-state index in [0.29, 0.717) is 19.3 Å². The van der Waals surface area contributed by atoms with E-state index in [-0.39, 0.29) is 31.1 Å². The van der Waals surface area contributed by atoms with Crippen LogP contribution in [-0.4, -0.2) is 37.2 Å². The van der Waals surface area contributed by atoms with E-state index in [1.807, 2.05) is 0 Å². The molecule has 0 saturated carbocycles. The van der Waals surface area contributed by atoms with Gasteiger partial charge in [0.1, 0.15) is 13.2 Å². The third-order valence-electron chi connectivity index (χ3n) is 10.5. The average molecular weight is 751 g/mol. The summed E-state index contributed by atoms with van der Waals surface area (Å²) in [5.41, 5.74) is 0. The molecule has 0 heterocycles. The molecular weight excluding hydrogens is 661 g/mol. The minimum Gasteiger partial charge on any atom is -0.462 e. The molecule has 0 aliphatic rings. The molecule has 0 fully saturated rings. The number of hydrogen-bond donors (Lipinski definition) is 0. The summed E-state index contributed by atoms with van der Waals surface area (Å²) < 4.78 is 16.7. The third-order valence-corrected chi connectivity index (χ3v) is 10.5. The summed E-state index contributed by atoms with van der Waals surface area (Å²) in [5.74, 6) is 0.756. The SMILES string of the molecule is CCCCCCCCCCCCCC(=O)OC[C@@H](COC(=O)CCCCCCCCCCCC(C)C)OC(=O)CCCCCCCCCCCC(C)C. The van der Waals surface area contributed by atoms with Crippen LogP contribution in [0.25, 0.3) is 0 Å². The van der Waals surface area contributed by atoms with Crippen molar-refractivity contribution < 1.29 is 28.6 Å². The molecule has 0 bridgehead atoms. The van der Waals surface area contributed by atoms with Crippen LogP contribution in [0, 0.1) is 11.8 Å². The number of ether oxygens (including phenoxy) is 3. The maximum atomic E-state index is 12.7. The zero-order chi connectivity index (χ0) is 39.0. The van der Waals surface area contributed by atoms with Crippen LogP contribution in [0.4, 0.5) is 0 Å². The highest BCUT2D eigenvalue weighted by molar-refractivity contribution is 5.71. The predicted octanol–water partition coefficient (Wildman–Crippen LogP) is 14.6. The maximum absolute atomic E-state index is 12.7. The zero-order valence-corrected chi connectivity index (χ0v) is 36.1. The lowest BCUT2D eigenvalue weighted by atomic mass is 10.0. The van der Waals surface area contributed by atoms with Crippen molar-refractivity contribution in [2.45, 2.75) is 259 Å². The van der Waals surface area contributed by atoms with Crippen LogP contribution < -0.4 is 0 Å². The second kappa shape index (κ2) is 40.1. The van der Waals surface area contributed by atoms with Gasteiger partial charge in [0.05, 0.1) is 0 Å². The first kappa shape index (κ1) is 51.4. The van der Waals surface area contributed by atoms with Gasteiger partial charge in [0.2, 0.25) is 0 Å². The molecule has 0 unspecified atom stereocenters. The summed E-state index contributed by atoms with van der Waals surface area (Å²) in [6.45, 7) is 11.3. The van der Waals surface area contributed by atoms with E-state index < -0.39 is 6.10 Å². The fraction of sp³-hybridized carbons (Fsp3) is 0.936. The fourth-order valence-electron chi connectivity index (χ4n) is 6.93. The Bertz CT molecular complexity index is 809. The molecule has 0 amide bonds. The molecule has 0 aromatic heterocycles. The monoisotopic (exact) mass is 751 g/mol. The normalized spacial score (nSPS) is 12.1. The fourth-order valence-corrected chi connectivity index (χ4v) is 6.93. The van der Waals surface area contributed by atoms with Crippen LogP contribution >= 0.6 is 0 Å². The Hall–Kier alpha value is -1.59. The zero-order valence-electron chi connectivity index (χ0n) is 36.1. The van der Waals surface area contributed by atoms with Crippen molar-refractivity contribution >= 4 is 17.9 Å². The Kier molecular flexibility index (Phi) is 38.9. The van der Waals surface area contributed by atoms with Gasteiger partial charge in [0, 0.05) is 19.3 Å².